The van der Waals surface area contributed by atoms with Gasteiger partial charge < -0.3 is 9.50 Å². The van der Waals surface area contributed by atoms with E-state index in [1.807, 2.05) is 21.2 Å². The van der Waals surface area contributed by atoms with E-state index in [4.69, 9.17) is 4.18 Å². The van der Waals surface area contributed by atoms with Crippen LogP contribution in [0.3, 0.4) is 0 Å². The van der Waals surface area contributed by atoms with Crippen molar-refractivity contribution >= 4 is 36.3 Å². The fourth-order valence-corrected chi connectivity index (χ4v) is 1.07. The maximum absolute atomic E-state index is 10.8. The van der Waals surface area contributed by atoms with Crippen molar-refractivity contribution in [3.63, 3.8) is 0 Å². The van der Waals surface area contributed by atoms with Crippen LogP contribution in [0, 0.1) is 0 Å². The average Bonchev–Trinajstić information content (AvgIpc) is 1.97. The molecule has 0 aliphatic carbocycles. The van der Waals surface area contributed by atoms with Crippen molar-refractivity contribution in [3.8, 4) is 0 Å². The first-order valence-corrected chi connectivity index (χ1v) is 6.31. The molecular formula is C6H10INO2S. The van der Waals surface area contributed by atoms with Crippen molar-refractivity contribution < 1.29 is 8.98 Å². The summed E-state index contributed by atoms with van der Waals surface area (Å²) in [5.41, 5.74) is 0.520. The van der Waals surface area contributed by atoms with Gasteiger partial charge in [-0.3, -0.25) is 4.79 Å². The monoisotopic (exact) mass is 287 g/mol. The Morgan fingerprint density at radius 2 is 2.45 bits per heavy atom. The fourth-order valence-electron chi connectivity index (χ4n) is 0.389. The molecule has 0 unspecified atom stereocenters. The Kier molecular flexibility index (Phi) is 7.09. The van der Waals surface area contributed by atoms with Crippen LogP contribution in [0.25, 0.3) is 0 Å². The highest BCUT2D eigenvalue weighted by molar-refractivity contribution is 14.2. The van der Waals surface area contributed by atoms with Crippen molar-refractivity contribution in [1.82, 2.24) is 5.32 Å². The third-order valence-electron chi connectivity index (χ3n) is 0.903. The van der Waals surface area contributed by atoms with Crippen LogP contribution in [0.1, 0.15) is 6.92 Å². The van der Waals surface area contributed by atoms with E-state index in [0.717, 1.165) is 0 Å². The van der Waals surface area contributed by atoms with Crippen LogP contribution in [0.5, 0.6) is 0 Å². The summed E-state index contributed by atoms with van der Waals surface area (Å²) in [5.74, 6) is -0.118. The van der Waals surface area contributed by atoms with E-state index in [9.17, 15) is 4.79 Å². The molecule has 0 aromatic heterocycles. The van der Waals surface area contributed by atoms with Gasteiger partial charge in [-0.25, -0.2) is 0 Å². The number of carbonyl (C=O) groups excluding carboxylic acids is 1. The first-order chi connectivity index (χ1) is 5.18. The van der Waals surface area contributed by atoms with E-state index >= 15 is 0 Å². The molecule has 0 saturated heterocycles. The summed E-state index contributed by atoms with van der Waals surface area (Å²) in [5, 5.41) is 2.64. The topological polar surface area (TPSA) is 38.3 Å². The zero-order valence-corrected chi connectivity index (χ0v) is 9.20. The Labute approximate surface area is 82.7 Å². The maximum atomic E-state index is 10.8. The molecule has 64 valence electrons. The number of carbonyl (C=O) groups is 1. The van der Waals surface area contributed by atoms with Crippen molar-refractivity contribution in [2.45, 2.75) is 6.92 Å². The van der Waals surface area contributed by atoms with E-state index in [-0.39, 0.29) is 5.91 Å². The molecule has 0 aliphatic rings. The first kappa shape index (κ1) is 11.2. The summed E-state index contributed by atoms with van der Waals surface area (Å²) in [6.45, 7) is 6.21. The minimum absolute atomic E-state index is 0.118. The molecule has 1 amide bonds. The average molecular weight is 287 g/mol. The van der Waals surface area contributed by atoms with E-state index in [2.05, 4.69) is 11.9 Å². The molecule has 3 nitrogen and oxygen atoms in total. The molecule has 0 atom stereocenters. The summed E-state index contributed by atoms with van der Waals surface area (Å²) in [7, 11) is 1.26. The zero-order chi connectivity index (χ0) is 8.69. The lowest BCUT2D eigenvalue weighted by Crippen LogP contribution is -2.26. The molecule has 0 spiro atoms. The highest BCUT2D eigenvalue weighted by Gasteiger charge is 1.98. The van der Waals surface area contributed by atoms with E-state index in [0.29, 0.717) is 18.7 Å². The number of halogens is 1. The Bertz CT molecular complexity index is 152. The second-order valence-electron chi connectivity index (χ2n) is 1.92. The van der Waals surface area contributed by atoms with E-state index < -0.39 is 0 Å². The lowest BCUT2D eigenvalue weighted by Gasteiger charge is -2.02. The largest absolute Gasteiger partial charge is 0.350 e. The Morgan fingerprint density at radius 3 is 2.91 bits per heavy atom. The van der Waals surface area contributed by atoms with Crippen molar-refractivity contribution in [2.75, 3.05) is 13.2 Å². The van der Waals surface area contributed by atoms with Crippen LogP contribution in [-0.4, -0.2) is 19.1 Å². The van der Waals surface area contributed by atoms with Crippen LogP contribution < -0.4 is 5.32 Å². The van der Waals surface area contributed by atoms with Gasteiger partial charge in [-0.1, -0.05) is 6.58 Å². The van der Waals surface area contributed by atoms with Crippen molar-refractivity contribution in [2.24, 2.45) is 0 Å². The minimum atomic E-state index is -0.118. The van der Waals surface area contributed by atoms with Gasteiger partial charge in [0.2, 0.25) is 5.91 Å². The van der Waals surface area contributed by atoms with Gasteiger partial charge in [-0.15, -0.1) is 0 Å². The van der Waals surface area contributed by atoms with Crippen LogP contribution in [0.15, 0.2) is 12.2 Å². The molecule has 0 bridgehead atoms. The van der Waals surface area contributed by atoms with Crippen LogP contribution in [0.4, 0.5) is 0 Å². The molecule has 0 rings (SSSR count). The molecule has 0 heterocycles. The van der Waals surface area contributed by atoms with E-state index in [1.165, 1.54) is 9.21 Å². The van der Waals surface area contributed by atoms with Crippen LogP contribution in [0.2, 0.25) is 0 Å². The number of amides is 1. The molecule has 0 aromatic carbocycles. The second-order valence-corrected chi connectivity index (χ2v) is 3.36. The molecule has 0 fully saturated rings. The predicted molar refractivity (Wildman–Crippen MR) is 55.4 cm³/mol. The van der Waals surface area contributed by atoms with Gasteiger partial charge in [-0.2, -0.15) is 0 Å². The summed E-state index contributed by atoms with van der Waals surface area (Å²) < 4.78 is 4.92. The smallest absolute Gasteiger partial charge is 0.246 e. The third kappa shape index (κ3) is 6.64. The fraction of sp³-hybridized carbons (Fsp3) is 0.500. The van der Waals surface area contributed by atoms with Crippen LogP contribution >= 0.6 is 30.4 Å². The quantitative estimate of drug-likeness (QED) is 0.362. The van der Waals surface area contributed by atoms with E-state index in [1.54, 1.807) is 6.92 Å². The third-order valence-corrected chi connectivity index (χ3v) is 1.92. The van der Waals surface area contributed by atoms with Gasteiger partial charge in [0.05, 0.1) is 15.8 Å². The molecule has 0 saturated carbocycles. The van der Waals surface area contributed by atoms with Gasteiger partial charge in [0.1, 0.15) is 0 Å². The molecule has 0 radical (unpaired) electrons. The summed E-state index contributed by atoms with van der Waals surface area (Å²) >= 11 is 2.02. The van der Waals surface area contributed by atoms with Gasteiger partial charge in [0.25, 0.3) is 0 Å². The van der Waals surface area contributed by atoms with Gasteiger partial charge in [0.15, 0.2) is 0 Å². The molecular weight excluding hydrogens is 277 g/mol. The van der Waals surface area contributed by atoms with Crippen LogP contribution in [-0.2, 0) is 8.98 Å². The van der Waals surface area contributed by atoms with Gasteiger partial charge in [-0.05, 0) is 6.92 Å². The first-order valence-electron chi connectivity index (χ1n) is 3.02. The lowest BCUT2D eigenvalue weighted by molar-refractivity contribution is -0.117. The van der Waals surface area contributed by atoms with Gasteiger partial charge in [0, 0.05) is 33.3 Å². The van der Waals surface area contributed by atoms with Gasteiger partial charge >= 0.3 is 0 Å². The zero-order valence-electron chi connectivity index (χ0n) is 6.22. The summed E-state index contributed by atoms with van der Waals surface area (Å²) in [6, 6.07) is 0. The standard InChI is InChI=1S/C6H10INO2S/c1-5(2)6(9)8-3-4-10-11-7/h1,3-4H2,2H3,(H,8,9). The number of nitrogens with one attached hydrogen (secondary N) is 1. The molecule has 5 heteroatoms. The molecule has 11 heavy (non-hydrogen) atoms. The Balaban J connectivity index is 3.25. The number of hydrogen-bond donors (Lipinski definition) is 1. The predicted octanol–water partition coefficient (Wildman–Crippen LogP) is 1.69. The molecule has 0 aliphatic heterocycles. The summed E-state index contributed by atoms with van der Waals surface area (Å²) in [4.78, 5) is 10.8. The number of rotatable bonds is 5. The van der Waals surface area contributed by atoms with Crippen molar-refractivity contribution in [1.29, 1.82) is 0 Å². The Morgan fingerprint density at radius 1 is 1.82 bits per heavy atom. The normalized spacial score (nSPS) is 9.27. The summed E-state index contributed by atoms with van der Waals surface area (Å²) in [6.07, 6.45) is 0. The highest BCUT2D eigenvalue weighted by atomic mass is 127. The lowest BCUT2D eigenvalue weighted by atomic mass is 10.3. The van der Waals surface area contributed by atoms with Crippen molar-refractivity contribution in [3.05, 3.63) is 12.2 Å². The SMILES string of the molecule is C=C(C)C(=O)NCCOSI. The molecule has 1 N–H and O–H groups in total. The molecule has 0 aromatic rings. The Hall–Kier alpha value is 0.250. The highest BCUT2D eigenvalue weighted by Crippen LogP contribution is 2.10. The minimum Gasteiger partial charge on any atom is -0.350 e. The number of hydrogen-bond acceptors (Lipinski definition) is 3. The maximum Gasteiger partial charge on any atom is 0.246 e. The second kappa shape index (κ2) is 6.93.